The molecular formula is C19H22N2O5. The van der Waals surface area contributed by atoms with Crippen LogP contribution >= 0.6 is 0 Å². The summed E-state index contributed by atoms with van der Waals surface area (Å²) < 4.78 is 16.1. The van der Waals surface area contributed by atoms with Gasteiger partial charge < -0.3 is 24.8 Å². The first-order chi connectivity index (χ1) is 12.5. The van der Waals surface area contributed by atoms with E-state index < -0.39 is 0 Å². The summed E-state index contributed by atoms with van der Waals surface area (Å²) in [7, 11) is 3.09. The van der Waals surface area contributed by atoms with E-state index >= 15 is 0 Å². The van der Waals surface area contributed by atoms with Crippen LogP contribution in [0.4, 0.5) is 10.5 Å². The fraction of sp³-hybridized carbons (Fsp3) is 0.263. The molecule has 2 rings (SSSR count). The number of rotatable bonds is 8. The third-order valence-electron chi connectivity index (χ3n) is 3.56. The van der Waals surface area contributed by atoms with Crippen LogP contribution in [-0.4, -0.2) is 39.2 Å². The number of para-hydroxylation sites is 1. The highest BCUT2D eigenvalue weighted by Crippen LogP contribution is 2.36. The standard InChI is InChI=1S/C19H22N2O5/c1-13(22)14-7-9-15(10-8-14)21-19(23)20-11-12-26-17-6-4-5-16(24-2)18(17)25-3/h4-10H,11-12H2,1-3H3,(H2,20,21,23). The molecule has 2 N–H and O–H groups in total. The quantitative estimate of drug-likeness (QED) is 0.559. The van der Waals surface area contributed by atoms with E-state index in [1.807, 2.05) is 0 Å². The zero-order valence-corrected chi connectivity index (χ0v) is 15.0. The molecule has 0 aliphatic carbocycles. The van der Waals surface area contributed by atoms with Crippen molar-refractivity contribution in [1.29, 1.82) is 0 Å². The highest BCUT2D eigenvalue weighted by atomic mass is 16.5. The van der Waals surface area contributed by atoms with E-state index in [1.54, 1.807) is 49.6 Å². The molecule has 0 aliphatic heterocycles. The Balaban J connectivity index is 1.79. The Hall–Kier alpha value is -3.22. The Bertz CT molecular complexity index is 759. The molecule has 2 aromatic rings. The van der Waals surface area contributed by atoms with Gasteiger partial charge in [0.05, 0.1) is 20.8 Å². The molecule has 138 valence electrons. The largest absolute Gasteiger partial charge is 0.493 e. The molecule has 0 unspecified atom stereocenters. The molecule has 0 bridgehead atoms. The predicted molar refractivity (Wildman–Crippen MR) is 98.5 cm³/mol. The van der Waals surface area contributed by atoms with Crippen LogP contribution in [0.1, 0.15) is 17.3 Å². The Labute approximate surface area is 152 Å². The van der Waals surface area contributed by atoms with E-state index in [4.69, 9.17) is 14.2 Å². The van der Waals surface area contributed by atoms with E-state index in [1.165, 1.54) is 14.0 Å². The summed E-state index contributed by atoms with van der Waals surface area (Å²) in [5, 5.41) is 5.38. The fourth-order valence-corrected chi connectivity index (χ4v) is 2.26. The molecule has 0 atom stereocenters. The van der Waals surface area contributed by atoms with Crippen LogP contribution in [0.2, 0.25) is 0 Å². The van der Waals surface area contributed by atoms with Crippen LogP contribution in [-0.2, 0) is 0 Å². The van der Waals surface area contributed by atoms with Gasteiger partial charge in [0.15, 0.2) is 17.3 Å². The van der Waals surface area contributed by atoms with E-state index in [9.17, 15) is 9.59 Å². The number of urea groups is 1. The van der Waals surface area contributed by atoms with E-state index in [-0.39, 0.29) is 18.4 Å². The molecule has 7 heteroatoms. The molecule has 2 amide bonds. The summed E-state index contributed by atoms with van der Waals surface area (Å²) in [5.41, 5.74) is 1.19. The molecule has 0 saturated heterocycles. The number of hydrogen-bond donors (Lipinski definition) is 2. The number of methoxy groups -OCH3 is 2. The minimum absolute atomic E-state index is 0.0221. The number of ether oxygens (including phenoxy) is 3. The number of benzene rings is 2. The summed E-state index contributed by atoms with van der Waals surface area (Å²) in [5.74, 6) is 1.59. The van der Waals surface area contributed by atoms with E-state index in [0.717, 1.165) is 0 Å². The number of nitrogens with one attached hydrogen (secondary N) is 2. The smallest absolute Gasteiger partial charge is 0.319 e. The summed E-state index contributed by atoms with van der Waals surface area (Å²) >= 11 is 0. The third kappa shape index (κ3) is 5.14. The van der Waals surface area contributed by atoms with Crippen LogP contribution in [0.5, 0.6) is 17.2 Å². The normalized spacial score (nSPS) is 9.96. The number of amides is 2. The number of Topliss-reactive ketones (excluding diaryl/α,β-unsaturated/α-hetero) is 1. The molecule has 0 heterocycles. The zero-order chi connectivity index (χ0) is 18.9. The predicted octanol–water partition coefficient (Wildman–Crippen LogP) is 3.11. The van der Waals surface area contributed by atoms with Crippen molar-refractivity contribution >= 4 is 17.5 Å². The van der Waals surface area contributed by atoms with Crippen molar-refractivity contribution in [2.24, 2.45) is 0 Å². The Morgan fingerprint density at radius 1 is 0.962 bits per heavy atom. The van der Waals surface area contributed by atoms with Crippen LogP contribution in [0.25, 0.3) is 0 Å². The van der Waals surface area contributed by atoms with Crippen molar-refractivity contribution in [3.05, 3.63) is 48.0 Å². The lowest BCUT2D eigenvalue weighted by Crippen LogP contribution is -2.32. The van der Waals surface area contributed by atoms with E-state index in [0.29, 0.717) is 35.0 Å². The van der Waals surface area contributed by atoms with Gasteiger partial charge in [0.25, 0.3) is 0 Å². The molecule has 0 saturated carbocycles. The van der Waals surface area contributed by atoms with Gasteiger partial charge in [0, 0.05) is 11.3 Å². The molecule has 0 fully saturated rings. The Kier molecular flexibility index (Phi) is 6.84. The second-order valence-electron chi connectivity index (χ2n) is 5.35. The summed E-state index contributed by atoms with van der Waals surface area (Å²) in [6, 6.07) is 11.6. The van der Waals surface area contributed by atoms with Gasteiger partial charge in [-0.25, -0.2) is 4.79 Å². The first-order valence-corrected chi connectivity index (χ1v) is 8.04. The van der Waals surface area contributed by atoms with Crippen molar-refractivity contribution in [3.8, 4) is 17.2 Å². The fourth-order valence-electron chi connectivity index (χ4n) is 2.26. The van der Waals surface area contributed by atoms with Crippen LogP contribution in [0.3, 0.4) is 0 Å². The third-order valence-corrected chi connectivity index (χ3v) is 3.56. The first kappa shape index (κ1) is 19.1. The highest BCUT2D eigenvalue weighted by Gasteiger charge is 2.10. The number of ketones is 1. The van der Waals surface area contributed by atoms with Gasteiger partial charge in [-0.15, -0.1) is 0 Å². The van der Waals surface area contributed by atoms with Crippen molar-refractivity contribution in [3.63, 3.8) is 0 Å². The van der Waals surface area contributed by atoms with Crippen molar-refractivity contribution in [2.75, 3.05) is 32.7 Å². The summed E-state index contributed by atoms with van der Waals surface area (Å²) in [6.07, 6.45) is 0. The maximum Gasteiger partial charge on any atom is 0.319 e. The second kappa shape index (κ2) is 9.31. The molecule has 0 spiro atoms. The van der Waals surface area contributed by atoms with Gasteiger partial charge >= 0.3 is 6.03 Å². The minimum Gasteiger partial charge on any atom is -0.493 e. The number of carbonyl (C=O) groups excluding carboxylic acids is 2. The van der Waals surface area contributed by atoms with Gasteiger partial charge in [-0.1, -0.05) is 6.07 Å². The maximum absolute atomic E-state index is 11.9. The second-order valence-corrected chi connectivity index (χ2v) is 5.35. The van der Waals surface area contributed by atoms with E-state index in [2.05, 4.69) is 10.6 Å². The number of anilines is 1. The first-order valence-electron chi connectivity index (χ1n) is 8.04. The van der Waals surface area contributed by atoms with Gasteiger partial charge in [0.2, 0.25) is 5.75 Å². The lowest BCUT2D eigenvalue weighted by molar-refractivity contribution is 0.101. The molecule has 2 aromatic carbocycles. The molecule has 0 radical (unpaired) electrons. The average Bonchev–Trinajstić information content (AvgIpc) is 2.65. The topological polar surface area (TPSA) is 85.9 Å². The molecule has 0 aromatic heterocycles. The summed E-state index contributed by atoms with van der Waals surface area (Å²) in [4.78, 5) is 23.1. The molecule has 0 aliphatic rings. The van der Waals surface area contributed by atoms with Crippen LogP contribution < -0.4 is 24.8 Å². The van der Waals surface area contributed by atoms with Crippen molar-refractivity contribution in [1.82, 2.24) is 5.32 Å². The van der Waals surface area contributed by atoms with Crippen molar-refractivity contribution in [2.45, 2.75) is 6.92 Å². The zero-order valence-electron chi connectivity index (χ0n) is 15.0. The van der Waals surface area contributed by atoms with Gasteiger partial charge in [-0.3, -0.25) is 4.79 Å². The molecular weight excluding hydrogens is 336 g/mol. The van der Waals surface area contributed by atoms with Gasteiger partial charge in [-0.2, -0.15) is 0 Å². The number of hydrogen-bond acceptors (Lipinski definition) is 5. The Morgan fingerprint density at radius 2 is 1.65 bits per heavy atom. The minimum atomic E-state index is -0.359. The molecule has 26 heavy (non-hydrogen) atoms. The van der Waals surface area contributed by atoms with Crippen molar-refractivity contribution < 1.29 is 23.8 Å². The highest BCUT2D eigenvalue weighted by molar-refractivity contribution is 5.95. The summed E-state index contributed by atoms with van der Waals surface area (Å²) in [6.45, 7) is 2.06. The molecule has 7 nitrogen and oxygen atoms in total. The average molecular weight is 358 g/mol. The van der Waals surface area contributed by atoms with Crippen LogP contribution in [0, 0.1) is 0 Å². The lowest BCUT2D eigenvalue weighted by atomic mass is 10.1. The maximum atomic E-state index is 11.9. The van der Waals surface area contributed by atoms with Crippen LogP contribution in [0.15, 0.2) is 42.5 Å². The van der Waals surface area contributed by atoms with Gasteiger partial charge in [0.1, 0.15) is 6.61 Å². The Morgan fingerprint density at radius 3 is 2.27 bits per heavy atom. The lowest BCUT2D eigenvalue weighted by Gasteiger charge is -2.14. The number of carbonyl (C=O) groups is 2. The van der Waals surface area contributed by atoms with Gasteiger partial charge in [-0.05, 0) is 43.3 Å². The SMILES string of the molecule is COc1cccc(OCCNC(=O)Nc2ccc(C(C)=O)cc2)c1OC. The monoisotopic (exact) mass is 358 g/mol.